The number of methoxy groups -OCH3 is 1. The van der Waals surface area contributed by atoms with Crippen LogP contribution in [-0.2, 0) is 12.8 Å². The third-order valence-corrected chi connectivity index (χ3v) is 4.98. The van der Waals surface area contributed by atoms with E-state index in [-0.39, 0.29) is 0 Å². The zero-order valence-electron chi connectivity index (χ0n) is 11.8. The first kappa shape index (κ1) is 16.9. The molecule has 0 amide bonds. The van der Waals surface area contributed by atoms with Crippen LogP contribution in [0.4, 0.5) is 0 Å². The second-order valence-electron chi connectivity index (χ2n) is 5.02. The first-order valence-corrected chi connectivity index (χ1v) is 8.87. The zero-order chi connectivity index (χ0) is 15.2. The predicted octanol–water partition coefficient (Wildman–Crippen LogP) is 5.86. The first-order valence-electron chi connectivity index (χ1n) is 6.75. The number of halogens is 3. The summed E-state index contributed by atoms with van der Waals surface area (Å²) in [4.78, 5) is 0. The van der Waals surface area contributed by atoms with Crippen LogP contribution in [0, 0.1) is 5.92 Å². The van der Waals surface area contributed by atoms with Gasteiger partial charge in [-0.15, -0.1) is 11.6 Å². The van der Waals surface area contributed by atoms with Crippen LogP contribution in [0.5, 0.6) is 5.75 Å². The van der Waals surface area contributed by atoms with E-state index in [1.165, 1.54) is 11.1 Å². The van der Waals surface area contributed by atoms with Crippen molar-refractivity contribution in [3.05, 3.63) is 62.5 Å². The molecule has 0 saturated heterocycles. The van der Waals surface area contributed by atoms with E-state index in [0.29, 0.717) is 11.8 Å². The Balaban J connectivity index is 2.05. The molecule has 21 heavy (non-hydrogen) atoms. The van der Waals surface area contributed by atoms with E-state index in [9.17, 15) is 0 Å². The molecular weight excluding hydrogens is 415 g/mol. The maximum absolute atomic E-state index is 6.15. The summed E-state index contributed by atoms with van der Waals surface area (Å²) < 4.78 is 7.35. The van der Waals surface area contributed by atoms with Crippen molar-refractivity contribution in [2.75, 3.05) is 13.0 Å². The lowest BCUT2D eigenvalue weighted by Crippen LogP contribution is -2.10. The molecule has 0 N–H and O–H groups in total. The molecule has 0 aliphatic heterocycles. The predicted molar refractivity (Wildman–Crippen MR) is 96.5 cm³/mol. The van der Waals surface area contributed by atoms with Gasteiger partial charge in [-0.3, -0.25) is 0 Å². The summed E-state index contributed by atoms with van der Waals surface area (Å²) in [5.74, 6) is 1.93. The number of rotatable bonds is 6. The third kappa shape index (κ3) is 5.01. The van der Waals surface area contributed by atoms with Gasteiger partial charge in [-0.2, -0.15) is 0 Å². The van der Waals surface area contributed by atoms with Gasteiger partial charge in [0.1, 0.15) is 5.75 Å². The second kappa shape index (κ2) is 8.21. The van der Waals surface area contributed by atoms with Crippen molar-refractivity contribution in [3.8, 4) is 5.75 Å². The van der Waals surface area contributed by atoms with Gasteiger partial charge in [0.05, 0.1) is 11.6 Å². The Hall–Kier alpha value is -0.510. The van der Waals surface area contributed by atoms with Gasteiger partial charge in [-0.05, 0) is 70.1 Å². The molecule has 0 aromatic heterocycles. The van der Waals surface area contributed by atoms with Gasteiger partial charge in [0.2, 0.25) is 0 Å². The standard InChI is InChI=1S/C17H17Br2ClO/c1-21-17-7-4-13(10-16(17)19)9-14(11-20)8-12-2-5-15(18)6-3-12/h2-7,10,14H,8-9,11H2,1H3. The molecular formula is C17H17Br2ClO. The van der Waals surface area contributed by atoms with Crippen LogP contribution in [0.25, 0.3) is 0 Å². The molecule has 0 spiro atoms. The van der Waals surface area contributed by atoms with Crippen molar-refractivity contribution in [1.82, 2.24) is 0 Å². The molecule has 0 saturated carbocycles. The Bertz CT molecular complexity index is 584. The molecule has 2 rings (SSSR count). The Morgan fingerprint density at radius 1 is 1.00 bits per heavy atom. The van der Waals surface area contributed by atoms with Crippen LogP contribution in [0.3, 0.4) is 0 Å². The Morgan fingerprint density at radius 2 is 1.62 bits per heavy atom. The number of hydrogen-bond acceptors (Lipinski definition) is 1. The summed E-state index contributed by atoms with van der Waals surface area (Å²) >= 11 is 13.1. The van der Waals surface area contributed by atoms with Gasteiger partial charge in [-0.1, -0.05) is 34.1 Å². The van der Waals surface area contributed by atoms with E-state index in [0.717, 1.165) is 27.5 Å². The smallest absolute Gasteiger partial charge is 0.133 e. The highest BCUT2D eigenvalue weighted by atomic mass is 79.9. The maximum Gasteiger partial charge on any atom is 0.133 e. The molecule has 0 heterocycles. The normalized spacial score (nSPS) is 12.2. The Labute approximate surface area is 147 Å². The van der Waals surface area contributed by atoms with E-state index in [1.54, 1.807) is 7.11 Å². The third-order valence-electron chi connectivity index (χ3n) is 3.40. The largest absolute Gasteiger partial charge is 0.496 e. The second-order valence-corrected chi connectivity index (χ2v) is 7.10. The number of ether oxygens (including phenoxy) is 1. The maximum atomic E-state index is 6.15. The number of benzene rings is 2. The van der Waals surface area contributed by atoms with Crippen molar-refractivity contribution in [2.24, 2.45) is 5.92 Å². The SMILES string of the molecule is COc1ccc(CC(CCl)Cc2ccc(Br)cc2)cc1Br. The van der Waals surface area contributed by atoms with E-state index < -0.39 is 0 Å². The minimum absolute atomic E-state index is 0.424. The van der Waals surface area contributed by atoms with E-state index in [1.807, 2.05) is 6.07 Å². The fraction of sp³-hybridized carbons (Fsp3) is 0.294. The van der Waals surface area contributed by atoms with Crippen LogP contribution in [0.1, 0.15) is 11.1 Å². The minimum atomic E-state index is 0.424. The lowest BCUT2D eigenvalue weighted by atomic mass is 9.94. The quantitative estimate of drug-likeness (QED) is 0.520. The van der Waals surface area contributed by atoms with Gasteiger partial charge >= 0.3 is 0 Å². The summed E-state index contributed by atoms with van der Waals surface area (Å²) in [5, 5.41) is 0. The Kier molecular flexibility index (Phi) is 6.59. The van der Waals surface area contributed by atoms with Gasteiger partial charge < -0.3 is 4.74 Å². The molecule has 1 nitrogen and oxygen atoms in total. The number of hydrogen-bond donors (Lipinski definition) is 0. The fourth-order valence-electron chi connectivity index (χ4n) is 2.31. The highest BCUT2D eigenvalue weighted by molar-refractivity contribution is 9.10. The monoisotopic (exact) mass is 430 g/mol. The average molecular weight is 433 g/mol. The van der Waals surface area contributed by atoms with Crippen molar-refractivity contribution in [1.29, 1.82) is 0 Å². The molecule has 0 radical (unpaired) electrons. The van der Waals surface area contributed by atoms with E-state index in [2.05, 4.69) is 68.3 Å². The average Bonchev–Trinajstić information content (AvgIpc) is 2.49. The zero-order valence-corrected chi connectivity index (χ0v) is 15.7. The topological polar surface area (TPSA) is 9.23 Å². The molecule has 1 unspecified atom stereocenters. The van der Waals surface area contributed by atoms with Crippen molar-refractivity contribution < 1.29 is 4.74 Å². The molecule has 2 aromatic carbocycles. The molecule has 0 aliphatic rings. The van der Waals surface area contributed by atoms with Crippen molar-refractivity contribution >= 4 is 43.5 Å². The van der Waals surface area contributed by atoms with Crippen molar-refractivity contribution in [2.45, 2.75) is 12.8 Å². The molecule has 112 valence electrons. The minimum Gasteiger partial charge on any atom is -0.496 e. The lowest BCUT2D eigenvalue weighted by molar-refractivity contribution is 0.412. The van der Waals surface area contributed by atoms with Gasteiger partial charge in [-0.25, -0.2) is 0 Å². The summed E-state index contributed by atoms with van der Waals surface area (Å²) in [7, 11) is 1.68. The van der Waals surface area contributed by atoms with Crippen molar-refractivity contribution in [3.63, 3.8) is 0 Å². The summed E-state index contributed by atoms with van der Waals surface area (Å²) in [6, 6.07) is 14.6. The molecule has 0 fully saturated rings. The van der Waals surface area contributed by atoms with Gasteiger partial charge in [0.15, 0.2) is 0 Å². The van der Waals surface area contributed by atoms with E-state index in [4.69, 9.17) is 16.3 Å². The molecule has 2 aromatic rings. The van der Waals surface area contributed by atoms with Gasteiger partial charge in [0, 0.05) is 10.4 Å². The highest BCUT2D eigenvalue weighted by Crippen LogP contribution is 2.27. The van der Waals surface area contributed by atoms with Crippen LogP contribution < -0.4 is 4.74 Å². The summed E-state index contributed by atoms with van der Waals surface area (Å²) in [6.07, 6.45) is 1.95. The van der Waals surface area contributed by atoms with Crippen LogP contribution in [0.15, 0.2) is 51.4 Å². The Morgan fingerprint density at radius 3 is 2.19 bits per heavy atom. The molecule has 0 bridgehead atoms. The van der Waals surface area contributed by atoms with E-state index >= 15 is 0 Å². The van der Waals surface area contributed by atoms with Gasteiger partial charge in [0.25, 0.3) is 0 Å². The summed E-state index contributed by atoms with van der Waals surface area (Å²) in [6.45, 7) is 0. The van der Waals surface area contributed by atoms with Crippen LogP contribution in [-0.4, -0.2) is 13.0 Å². The lowest BCUT2D eigenvalue weighted by Gasteiger charge is -2.15. The first-order chi connectivity index (χ1) is 10.1. The molecule has 1 atom stereocenters. The number of alkyl halides is 1. The van der Waals surface area contributed by atoms with Crippen LogP contribution in [0.2, 0.25) is 0 Å². The molecule has 4 heteroatoms. The van der Waals surface area contributed by atoms with Crippen LogP contribution >= 0.6 is 43.5 Å². The molecule has 0 aliphatic carbocycles. The highest BCUT2D eigenvalue weighted by Gasteiger charge is 2.11. The fourth-order valence-corrected chi connectivity index (χ4v) is 3.38. The summed E-state index contributed by atoms with van der Waals surface area (Å²) in [5.41, 5.74) is 2.59.